The number of benzene rings is 2. The quantitative estimate of drug-likeness (QED) is 0.694. The molecule has 4 rings (SSSR count). The van der Waals surface area contributed by atoms with E-state index in [0.29, 0.717) is 10.0 Å². The molecule has 0 spiro atoms. The zero-order valence-electron chi connectivity index (χ0n) is 14.6. The van der Waals surface area contributed by atoms with Crippen molar-refractivity contribution in [3.63, 3.8) is 0 Å². The first-order valence-corrected chi connectivity index (χ1v) is 9.67. The summed E-state index contributed by atoms with van der Waals surface area (Å²) < 4.78 is 0. The van der Waals surface area contributed by atoms with Gasteiger partial charge in [0.05, 0.1) is 11.8 Å². The van der Waals surface area contributed by atoms with Gasteiger partial charge in [0.1, 0.15) is 0 Å². The molecule has 1 aliphatic heterocycles. The second-order valence-electron chi connectivity index (χ2n) is 6.88. The van der Waals surface area contributed by atoms with Gasteiger partial charge in [-0.15, -0.1) is 0 Å². The van der Waals surface area contributed by atoms with Crippen molar-refractivity contribution in [3.8, 4) is 0 Å². The Morgan fingerprint density at radius 2 is 1.70 bits per heavy atom. The second-order valence-corrected chi connectivity index (χ2v) is 7.76. The maximum absolute atomic E-state index is 12.1. The van der Waals surface area contributed by atoms with Crippen LogP contribution in [0.15, 0.2) is 59.2 Å². The van der Waals surface area contributed by atoms with Gasteiger partial charge < -0.3 is 5.73 Å². The third kappa shape index (κ3) is 3.60. The first-order valence-electron chi connectivity index (χ1n) is 8.92. The van der Waals surface area contributed by atoms with Crippen LogP contribution in [-0.4, -0.2) is 16.8 Å². The van der Waals surface area contributed by atoms with Crippen molar-refractivity contribution in [1.82, 2.24) is 5.01 Å². The zero-order valence-corrected chi connectivity index (χ0v) is 16.1. The molecule has 2 amide bonds. The molecule has 2 unspecified atom stereocenters. The number of hydrogen-bond donors (Lipinski definition) is 1. The van der Waals surface area contributed by atoms with Crippen LogP contribution in [0.1, 0.15) is 36.4 Å². The molecule has 0 aromatic heterocycles. The summed E-state index contributed by atoms with van der Waals surface area (Å²) in [7, 11) is 0. The van der Waals surface area contributed by atoms with E-state index in [1.54, 1.807) is 0 Å². The van der Waals surface area contributed by atoms with Crippen LogP contribution in [-0.2, 0) is 0 Å². The summed E-state index contributed by atoms with van der Waals surface area (Å²) in [6.45, 7) is 0. The van der Waals surface area contributed by atoms with E-state index in [4.69, 9.17) is 28.9 Å². The lowest BCUT2D eigenvalue weighted by Gasteiger charge is -2.29. The molecule has 138 valence electrons. The van der Waals surface area contributed by atoms with Crippen LogP contribution in [0.5, 0.6) is 0 Å². The molecular weight excluding hydrogens is 381 g/mol. The van der Waals surface area contributed by atoms with E-state index in [9.17, 15) is 4.79 Å². The number of carbonyl (C=O) groups excluding carboxylic acids is 1. The van der Waals surface area contributed by atoms with E-state index in [2.05, 4.69) is 11.2 Å². The van der Waals surface area contributed by atoms with Gasteiger partial charge >= 0.3 is 6.03 Å². The van der Waals surface area contributed by atoms with Gasteiger partial charge in [-0.25, -0.2) is 9.80 Å². The van der Waals surface area contributed by atoms with Crippen LogP contribution in [0, 0.1) is 5.92 Å². The van der Waals surface area contributed by atoms with Gasteiger partial charge in [0.25, 0.3) is 0 Å². The van der Waals surface area contributed by atoms with Crippen LogP contribution in [0.25, 0.3) is 6.08 Å². The van der Waals surface area contributed by atoms with Crippen molar-refractivity contribution in [1.29, 1.82) is 0 Å². The molecule has 27 heavy (non-hydrogen) atoms. The van der Waals surface area contributed by atoms with E-state index < -0.39 is 6.03 Å². The first kappa shape index (κ1) is 18.1. The molecule has 1 saturated carbocycles. The number of rotatable bonds is 2. The van der Waals surface area contributed by atoms with Crippen molar-refractivity contribution in [2.75, 3.05) is 0 Å². The van der Waals surface area contributed by atoms with Gasteiger partial charge in [-0.2, -0.15) is 5.10 Å². The molecular formula is C21H19Cl2N3O. The first-order chi connectivity index (χ1) is 13.0. The number of carbonyl (C=O) groups is 1. The number of hydrazone groups is 1. The maximum atomic E-state index is 12.1. The summed E-state index contributed by atoms with van der Waals surface area (Å²) >= 11 is 12.0. The van der Waals surface area contributed by atoms with Gasteiger partial charge in [0.15, 0.2) is 0 Å². The Morgan fingerprint density at radius 1 is 1.07 bits per heavy atom. The van der Waals surface area contributed by atoms with Crippen molar-refractivity contribution in [2.24, 2.45) is 16.8 Å². The zero-order chi connectivity index (χ0) is 19.0. The highest BCUT2D eigenvalue weighted by molar-refractivity contribution is 6.30. The van der Waals surface area contributed by atoms with Crippen molar-refractivity contribution in [3.05, 3.63) is 75.3 Å². The summed E-state index contributed by atoms with van der Waals surface area (Å²) in [5, 5.41) is 7.42. The number of fused-ring (bicyclic) bond motifs is 1. The van der Waals surface area contributed by atoms with Crippen LogP contribution in [0.4, 0.5) is 4.79 Å². The summed E-state index contributed by atoms with van der Waals surface area (Å²) in [5.74, 6) is 0.131. The highest BCUT2D eigenvalue weighted by Gasteiger charge is 2.43. The van der Waals surface area contributed by atoms with Crippen molar-refractivity contribution in [2.45, 2.75) is 25.3 Å². The largest absolute Gasteiger partial charge is 0.350 e. The van der Waals surface area contributed by atoms with E-state index in [1.807, 2.05) is 48.5 Å². The van der Waals surface area contributed by atoms with E-state index in [-0.39, 0.29) is 12.0 Å². The Bertz CT molecular complexity index is 919. The minimum atomic E-state index is -0.539. The highest BCUT2D eigenvalue weighted by Crippen LogP contribution is 2.44. The Morgan fingerprint density at radius 3 is 2.33 bits per heavy atom. The van der Waals surface area contributed by atoms with E-state index in [1.165, 1.54) is 5.01 Å². The molecule has 2 aromatic carbocycles. The van der Waals surface area contributed by atoms with Gasteiger partial charge in [-0.3, -0.25) is 0 Å². The molecule has 2 aromatic rings. The summed E-state index contributed by atoms with van der Waals surface area (Å²) in [6.07, 6.45) is 5.07. The molecule has 1 aliphatic carbocycles. The molecule has 2 N–H and O–H groups in total. The maximum Gasteiger partial charge on any atom is 0.335 e. The number of halogens is 2. The lowest BCUT2D eigenvalue weighted by Crippen LogP contribution is -2.35. The van der Waals surface area contributed by atoms with Gasteiger partial charge in [0, 0.05) is 16.0 Å². The van der Waals surface area contributed by atoms with Crippen molar-refractivity contribution >= 4 is 41.0 Å². The molecule has 0 bridgehead atoms. The second kappa shape index (κ2) is 7.37. The topological polar surface area (TPSA) is 58.7 Å². The molecule has 0 radical (unpaired) electrons. The average Bonchev–Trinajstić information content (AvgIpc) is 3.05. The number of nitrogens with zero attached hydrogens (tertiary/aromatic N) is 2. The van der Waals surface area contributed by atoms with Crippen LogP contribution in [0.2, 0.25) is 10.0 Å². The van der Waals surface area contributed by atoms with Gasteiger partial charge in [-0.05, 0) is 66.3 Å². The lowest BCUT2D eigenvalue weighted by molar-refractivity contribution is 0.184. The fourth-order valence-electron chi connectivity index (χ4n) is 3.94. The predicted molar refractivity (Wildman–Crippen MR) is 110 cm³/mol. The third-order valence-electron chi connectivity index (χ3n) is 5.15. The minimum absolute atomic E-state index is 0.131. The van der Waals surface area contributed by atoms with Crippen molar-refractivity contribution < 1.29 is 4.79 Å². The van der Waals surface area contributed by atoms with Crippen LogP contribution in [0.3, 0.4) is 0 Å². The molecule has 1 heterocycles. The van der Waals surface area contributed by atoms with E-state index >= 15 is 0 Å². The fourth-order valence-corrected chi connectivity index (χ4v) is 4.19. The minimum Gasteiger partial charge on any atom is -0.350 e. The average molecular weight is 400 g/mol. The number of nitrogens with two attached hydrogens (primary N) is 1. The molecule has 1 fully saturated rings. The Kier molecular flexibility index (Phi) is 4.94. The summed E-state index contributed by atoms with van der Waals surface area (Å²) in [5.41, 5.74) is 9.81. The number of urea groups is 1. The molecule has 4 nitrogen and oxygen atoms in total. The normalized spacial score (nSPS) is 23.3. The Hall–Kier alpha value is -2.30. The summed E-state index contributed by atoms with van der Waals surface area (Å²) in [6, 6.07) is 14.5. The fraction of sp³-hybridized carbons (Fsp3) is 0.238. The Balaban J connectivity index is 1.72. The lowest BCUT2D eigenvalue weighted by atomic mass is 9.77. The van der Waals surface area contributed by atoms with Crippen LogP contribution >= 0.6 is 23.2 Å². The highest BCUT2D eigenvalue weighted by atomic mass is 35.5. The van der Waals surface area contributed by atoms with Gasteiger partial charge in [0.2, 0.25) is 0 Å². The number of amides is 2. The molecule has 0 saturated heterocycles. The predicted octanol–water partition coefficient (Wildman–Crippen LogP) is 5.67. The molecule has 2 atom stereocenters. The smallest absolute Gasteiger partial charge is 0.335 e. The Labute approximate surface area is 168 Å². The summed E-state index contributed by atoms with van der Waals surface area (Å²) in [4.78, 5) is 12.1. The van der Waals surface area contributed by atoms with Gasteiger partial charge in [-0.1, -0.05) is 47.5 Å². The standard InChI is InChI=1S/C21H19Cl2N3O/c22-16-8-4-13(5-9-16)12-15-2-1-3-18-19(15)25-26(21(24)27)20(18)14-6-10-17(23)11-7-14/h4-12,18,20H,1-3H2,(H2,24,27)/b15-12+. The monoisotopic (exact) mass is 399 g/mol. The number of allylic oxidation sites excluding steroid dienone is 1. The van der Waals surface area contributed by atoms with Crippen LogP contribution < -0.4 is 5.73 Å². The van der Waals surface area contributed by atoms with E-state index in [0.717, 1.165) is 41.7 Å². The molecule has 2 aliphatic rings. The number of hydrogen-bond acceptors (Lipinski definition) is 2. The number of primary amides is 1. The third-order valence-corrected chi connectivity index (χ3v) is 5.65. The SMILES string of the molecule is NC(=O)N1N=C2/C(=C/c3ccc(Cl)cc3)CCCC2C1c1ccc(Cl)cc1. The molecule has 6 heteroatoms.